The molecule has 112 valence electrons. The third kappa shape index (κ3) is 4.99. The molecule has 0 spiro atoms. The Morgan fingerprint density at radius 1 is 1.14 bits per heavy atom. The second kappa shape index (κ2) is 7.96. The molecule has 0 aromatic heterocycles. The Bertz CT molecular complexity index is 586. The molecule has 3 nitrogen and oxygen atoms in total. The molecular weight excluding hydrogens is 282 g/mol. The summed E-state index contributed by atoms with van der Waals surface area (Å²) in [5.74, 6) is 1.46. The molecule has 0 unspecified atom stereocenters. The van der Waals surface area contributed by atoms with Gasteiger partial charge in [0.05, 0.1) is 7.11 Å². The molecule has 2 aromatic carbocycles. The lowest BCUT2D eigenvalue weighted by Gasteiger charge is -2.18. The standard InChI is InChI=1S/C17H21NO2S/c1-20-16-10-6-7-14(11-16)12-18-17(13-21(2)19)15-8-4-3-5-9-15/h3-11,17-18H,12-13H2,1-2H3/t17-,21+/m1/s1. The van der Waals surface area contributed by atoms with Crippen molar-refractivity contribution >= 4 is 10.8 Å². The second-order valence-corrected chi connectivity index (χ2v) is 6.42. The molecule has 0 aliphatic rings. The molecule has 0 aliphatic carbocycles. The van der Waals surface area contributed by atoms with Gasteiger partial charge < -0.3 is 10.1 Å². The van der Waals surface area contributed by atoms with Gasteiger partial charge in [-0.1, -0.05) is 42.5 Å². The van der Waals surface area contributed by atoms with Gasteiger partial charge in [0.1, 0.15) is 5.75 Å². The van der Waals surface area contributed by atoms with Gasteiger partial charge in [-0.3, -0.25) is 4.21 Å². The van der Waals surface area contributed by atoms with E-state index in [0.29, 0.717) is 12.3 Å². The third-order valence-electron chi connectivity index (χ3n) is 3.29. The molecule has 21 heavy (non-hydrogen) atoms. The lowest BCUT2D eigenvalue weighted by Crippen LogP contribution is -2.25. The van der Waals surface area contributed by atoms with E-state index in [0.717, 1.165) is 16.9 Å². The van der Waals surface area contributed by atoms with Gasteiger partial charge in [0, 0.05) is 35.4 Å². The van der Waals surface area contributed by atoms with Crippen molar-refractivity contribution in [3.63, 3.8) is 0 Å². The van der Waals surface area contributed by atoms with Gasteiger partial charge in [-0.25, -0.2) is 0 Å². The number of nitrogens with one attached hydrogen (secondary N) is 1. The summed E-state index contributed by atoms with van der Waals surface area (Å²) < 4.78 is 16.8. The highest BCUT2D eigenvalue weighted by Gasteiger charge is 2.12. The van der Waals surface area contributed by atoms with Gasteiger partial charge in [-0.15, -0.1) is 0 Å². The van der Waals surface area contributed by atoms with Crippen LogP contribution in [0.1, 0.15) is 17.2 Å². The quantitative estimate of drug-likeness (QED) is 0.855. The van der Waals surface area contributed by atoms with Gasteiger partial charge >= 0.3 is 0 Å². The maximum Gasteiger partial charge on any atom is 0.119 e. The van der Waals surface area contributed by atoms with E-state index >= 15 is 0 Å². The summed E-state index contributed by atoms with van der Waals surface area (Å²) in [5, 5.41) is 3.49. The van der Waals surface area contributed by atoms with Gasteiger partial charge in [-0.2, -0.15) is 0 Å². The smallest absolute Gasteiger partial charge is 0.119 e. The Morgan fingerprint density at radius 3 is 2.57 bits per heavy atom. The topological polar surface area (TPSA) is 38.3 Å². The number of benzene rings is 2. The minimum atomic E-state index is -0.847. The van der Waals surface area contributed by atoms with E-state index in [1.807, 2.05) is 36.4 Å². The molecule has 0 heterocycles. The largest absolute Gasteiger partial charge is 0.497 e. The molecule has 0 radical (unpaired) electrons. The predicted octanol–water partition coefficient (Wildman–Crippen LogP) is 2.90. The van der Waals surface area contributed by atoms with E-state index in [-0.39, 0.29) is 6.04 Å². The highest BCUT2D eigenvalue weighted by molar-refractivity contribution is 7.84. The van der Waals surface area contributed by atoms with Gasteiger partial charge in [-0.05, 0) is 23.3 Å². The Balaban J connectivity index is 2.06. The van der Waals surface area contributed by atoms with Crippen LogP contribution < -0.4 is 10.1 Å². The van der Waals surface area contributed by atoms with Crippen molar-refractivity contribution in [3.8, 4) is 5.75 Å². The Hall–Kier alpha value is -1.65. The molecule has 2 aromatic rings. The zero-order valence-electron chi connectivity index (χ0n) is 12.4. The molecule has 0 aliphatic heterocycles. The minimum Gasteiger partial charge on any atom is -0.497 e. The summed E-state index contributed by atoms with van der Waals surface area (Å²) in [7, 11) is 0.819. The fourth-order valence-electron chi connectivity index (χ4n) is 2.22. The van der Waals surface area contributed by atoms with E-state index in [9.17, 15) is 4.21 Å². The zero-order chi connectivity index (χ0) is 15.1. The number of rotatable bonds is 7. The summed E-state index contributed by atoms with van der Waals surface area (Å²) in [4.78, 5) is 0. The molecule has 0 bridgehead atoms. The fourth-order valence-corrected chi connectivity index (χ4v) is 3.00. The third-order valence-corrected chi connectivity index (χ3v) is 4.09. The van der Waals surface area contributed by atoms with Crippen LogP contribution in [0.2, 0.25) is 0 Å². The highest BCUT2D eigenvalue weighted by atomic mass is 32.2. The molecule has 0 fully saturated rings. The van der Waals surface area contributed by atoms with Crippen LogP contribution in [0.5, 0.6) is 5.75 Å². The molecular formula is C17H21NO2S. The highest BCUT2D eigenvalue weighted by Crippen LogP contribution is 2.16. The molecule has 0 saturated carbocycles. The molecule has 0 amide bonds. The van der Waals surface area contributed by atoms with Crippen LogP contribution in [-0.2, 0) is 17.3 Å². The number of hydrogen-bond donors (Lipinski definition) is 1. The summed E-state index contributed by atoms with van der Waals surface area (Å²) in [6, 6.07) is 18.2. The monoisotopic (exact) mass is 303 g/mol. The summed E-state index contributed by atoms with van der Waals surface area (Å²) in [6.45, 7) is 0.716. The Labute approximate surface area is 128 Å². The lowest BCUT2D eigenvalue weighted by atomic mass is 10.1. The first-order valence-electron chi connectivity index (χ1n) is 6.90. The van der Waals surface area contributed by atoms with Crippen molar-refractivity contribution in [1.29, 1.82) is 0 Å². The van der Waals surface area contributed by atoms with Gasteiger partial charge in [0.25, 0.3) is 0 Å². The molecule has 1 N–H and O–H groups in total. The Kier molecular flexibility index (Phi) is 5.96. The molecule has 2 atom stereocenters. The van der Waals surface area contributed by atoms with Crippen molar-refractivity contribution < 1.29 is 8.95 Å². The summed E-state index contributed by atoms with van der Waals surface area (Å²) in [5.41, 5.74) is 2.31. The first kappa shape index (κ1) is 15.7. The molecule has 2 rings (SSSR count). The van der Waals surface area contributed by atoms with E-state index in [4.69, 9.17) is 4.74 Å². The molecule has 4 heteroatoms. The Morgan fingerprint density at radius 2 is 1.90 bits per heavy atom. The lowest BCUT2D eigenvalue weighted by molar-refractivity contribution is 0.414. The summed E-state index contributed by atoms with van der Waals surface area (Å²) in [6.07, 6.45) is 1.74. The second-order valence-electron chi connectivity index (χ2n) is 4.94. The van der Waals surface area contributed by atoms with Crippen LogP contribution in [0.4, 0.5) is 0 Å². The van der Waals surface area contributed by atoms with Crippen LogP contribution >= 0.6 is 0 Å². The maximum absolute atomic E-state index is 11.6. The van der Waals surface area contributed by atoms with Crippen LogP contribution in [0.25, 0.3) is 0 Å². The van der Waals surface area contributed by atoms with Gasteiger partial charge in [0.2, 0.25) is 0 Å². The fraction of sp³-hybridized carbons (Fsp3) is 0.294. The van der Waals surface area contributed by atoms with Crippen molar-refractivity contribution in [2.24, 2.45) is 0 Å². The number of methoxy groups -OCH3 is 1. The summed E-state index contributed by atoms with van der Waals surface area (Å²) >= 11 is 0. The average Bonchev–Trinajstić information content (AvgIpc) is 2.52. The van der Waals surface area contributed by atoms with Crippen LogP contribution in [0, 0.1) is 0 Å². The van der Waals surface area contributed by atoms with Crippen molar-refractivity contribution in [2.45, 2.75) is 12.6 Å². The normalized spacial score (nSPS) is 13.6. The van der Waals surface area contributed by atoms with Crippen LogP contribution in [0.15, 0.2) is 54.6 Å². The SMILES string of the molecule is COc1cccc(CN[C@H](C[S@](C)=O)c2ccccc2)c1. The first-order valence-corrected chi connectivity index (χ1v) is 8.63. The van der Waals surface area contributed by atoms with Crippen molar-refractivity contribution in [2.75, 3.05) is 19.1 Å². The zero-order valence-corrected chi connectivity index (χ0v) is 13.2. The minimum absolute atomic E-state index is 0.0863. The number of hydrogen-bond acceptors (Lipinski definition) is 3. The van der Waals surface area contributed by atoms with Crippen molar-refractivity contribution in [3.05, 3.63) is 65.7 Å². The predicted molar refractivity (Wildman–Crippen MR) is 88.0 cm³/mol. The van der Waals surface area contributed by atoms with E-state index < -0.39 is 10.8 Å². The molecule has 0 saturated heterocycles. The first-order chi connectivity index (χ1) is 10.2. The van der Waals surface area contributed by atoms with Crippen LogP contribution in [-0.4, -0.2) is 23.3 Å². The van der Waals surface area contributed by atoms with Crippen molar-refractivity contribution in [1.82, 2.24) is 5.32 Å². The van der Waals surface area contributed by atoms with E-state index in [2.05, 4.69) is 23.5 Å². The van der Waals surface area contributed by atoms with E-state index in [1.165, 1.54) is 0 Å². The number of ether oxygens (including phenoxy) is 1. The average molecular weight is 303 g/mol. The maximum atomic E-state index is 11.6. The van der Waals surface area contributed by atoms with Crippen LogP contribution in [0.3, 0.4) is 0 Å². The van der Waals surface area contributed by atoms with E-state index in [1.54, 1.807) is 13.4 Å². The van der Waals surface area contributed by atoms with Gasteiger partial charge in [0.15, 0.2) is 0 Å².